The van der Waals surface area contributed by atoms with Crippen LogP contribution in [-0.4, -0.2) is 57.6 Å². The highest BCUT2D eigenvalue weighted by Gasteiger charge is 2.20. The van der Waals surface area contributed by atoms with Crippen molar-refractivity contribution in [1.29, 1.82) is 0 Å². The average molecular weight is 473 g/mol. The molecule has 1 aromatic carbocycles. The highest BCUT2D eigenvalue weighted by molar-refractivity contribution is 6.06. The predicted octanol–water partition coefficient (Wildman–Crippen LogP) is 3.85. The number of hydrogen-bond donors (Lipinski definition) is 2. The van der Waals surface area contributed by atoms with Gasteiger partial charge in [0.05, 0.1) is 12.1 Å². The largest absolute Gasteiger partial charge is 0.381 e. The summed E-state index contributed by atoms with van der Waals surface area (Å²) in [7, 11) is 6.11. The van der Waals surface area contributed by atoms with E-state index in [1.54, 1.807) is 12.4 Å². The van der Waals surface area contributed by atoms with E-state index in [4.69, 9.17) is 4.74 Å². The Morgan fingerprint density at radius 3 is 2.77 bits per heavy atom. The Morgan fingerprint density at radius 2 is 2.03 bits per heavy atom. The predicted molar refractivity (Wildman–Crippen MR) is 136 cm³/mol. The molecule has 0 unspecified atom stereocenters. The van der Waals surface area contributed by atoms with E-state index in [-0.39, 0.29) is 5.91 Å². The average Bonchev–Trinajstić information content (AvgIpc) is 3.48. The van der Waals surface area contributed by atoms with Crippen molar-refractivity contribution in [3.63, 3.8) is 0 Å². The van der Waals surface area contributed by atoms with E-state index in [2.05, 4.69) is 63.5 Å². The van der Waals surface area contributed by atoms with Crippen molar-refractivity contribution in [2.24, 2.45) is 7.05 Å². The lowest BCUT2D eigenvalue weighted by molar-refractivity contribution is 0.0850. The van der Waals surface area contributed by atoms with E-state index in [0.29, 0.717) is 23.7 Å². The number of aryl methyl sites for hydroxylation is 1. The van der Waals surface area contributed by atoms with Crippen LogP contribution >= 0.6 is 0 Å². The smallest absolute Gasteiger partial charge is 0.253 e. The first-order chi connectivity index (χ1) is 17.0. The minimum absolute atomic E-state index is 0.152. The zero-order valence-electron chi connectivity index (χ0n) is 20.5. The summed E-state index contributed by atoms with van der Waals surface area (Å²) in [6, 6.07) is 8.78. The van der Waals surface area contributed by atoms with Crippen molar-refractivity contribution in [3.8, 4) is 11.1 Å². The Bertz CT molecular complexity index is 1330. The number of aromatic amines is 1. The van der Waals surface area contributed by atoms with Crippen LogP contribution in [0.4, 0.5) is 0 Å². The maximum atomic E-state index is 13.0. The lowest BCUT2D eigenvalue weighted by Gasteiger charge is -2.26. The second-order valence-electron chi connectivity index (χ2n) is 9.50. The van der Waals surface area contributed by atoms with Gasteiger partial charge in [0.2, 0.25) is 0 Å². The molecule has 4 aromatic rings. The molecule has 0 saturated carbocycles. The van der Waals surface area contributed by atoms with Crippen LogP contribution in [0, 0.1) is 0 Å². The molecule has 8 nitrogen and oxygen atoms in total. The fraction of sp³-hybridized carbons (Fsp3) is 0.370. The van der Waals surface area contributed by atoms with Gasteiger partial charge in [-0.05, 0) is 61.7 Å². The fourth-order valence-corrected chi connectivity index (χ4v) is 4.84. The standard InChI is InChI=1S/C27H32N6O2/c1-32(2)17-21-12-19(4-5-22(21)18-6-10-35-11-7-18)20-13-23-24(15-30-26(23)29-14-20)27(34)31-16-25-28-8-9-33(25)3/h4-5,8-9,12-15,18H,6-7,10-11,16-17H2,1-3H3,(H,29,30)(H,31,34). The molecule has 8 heteroatoms. The van der Waals surface area contributed by atoms with Crippen LogP contribution in [0.5, 0.6) is 0 Å². The van der Waals surface area contributed by atoms with E-state index in [0.717, 1.165) is 54.9 Å². The lowest BCUT2D eigenvalue weighted by Crippen LogP contribution is -2.24. The number of aromatic nitrogens is 4. The van der Waals surface area contributed by atoms with E-state index in [1.165, 1.54) is 11.1 Å². The molecule has 2 N–H and O–H groups in total. The zero-order valence-corrected chi connectivity index (χ0v) is 20.5. The fourth-order valence-electron chi connectivity index (χ4n) is 4.84. The van der Waals surface area contributed by atoms with Crippen molar-refractivity contribution in [2.75, 3.05) is 27.3 Å². The quantitative estimate of drug-likeness (QED) is 0.427. The number of pyridine rings is 1. The first kappa shape index (κ1) is 23.3. The number of amides is 1. The van der Waals surface area contributed by atoms with Crippen LogP contribution in [0.3, 0.4) is 0 Å². The van der Waals surface area contributed by atoms with Gasteiger partial charge in [-0.3, -0.25) is 4.79 Å². The molecular formula is C27H32N6O2. The molecule has 1 amide bonds. The van der Waals surface area contributed by atoms with Gasteiger partial charge in [0.1, 0.15) is 11.5 Å². The molecule has 0 spiro atoms. The number of rotatable bonds is 7. The van der Waals surface area contributed by atoms with E-state index in [1.807, 2.05) is 24.0 Å². The molecule has 1 aliphatic heterocycles. The summed E-state index contributed by atoms with van der Waals surface area (Å²) in [4.78, 5) is 27.2. The van der Waals surface area contributed by atoms with Crippen molar-refractivity contribution in [1.82, 2.24) is 29.7 Å². The number of imidazole rings is 1. The minimum Gasteiger partial charge on any atom is -0.381 e. The molecule has 3 aromatic heterocycles. The molecule has 35 heavy (non-hydrogen) atoms. The SMILES string of the molecule is CN(C)Cc1cc(-c2cnc3[nH]cc(C(=O)NCc4nccn4C)c3c2)ccc1C1CCOCC1. The maximum absolute atomic E-state index is 13.0. The van der Waals surface area contributed by atoms with Crippen LogP contribution in [0.1, 0.15) is 46.1 Å². The van der Waals surface area contributed by atoms with E-state index in [9.17, 15) is 4.79 Å². The third-order valence-electron chi connectivity index (χ3n) is 6.73. The van der Waals surface area contributed by atoms with Crippen molar-refractivity contribution >= 4 is 16.9 Å². The van der Waals surface area contributed by atoms with Gasteiger partial charge in [0.15, 0.2) is 0 Å². The van der Waals surface area contributed by atoms with Crippen molar-refractivity contribution in [2.45, 2.75) is 31.8 Å². The minimum atomic E-state index is -0.152. The van der Waals surface area contributed by atoms with Gasteiger partial charge in [-0.2, -0.15) is 0 Å². The second kappa shape index (κ2) is 10.0. The maximum Gasteiger partial charge on any atom is 0.253 e. The number of carbonyl (C=O) groups excluding carboxylic acids is 1. The number of carbonyl (C=O) groups is 1. The van der Waals surface area contributed by atoms with Gasteiger partial charge < -0.3 is 24.5 Å². The number of nitrogens with zero attached hydrogens (tertiary/aromatic N) is 4. The number of ether oxygens (including phenoxy) is 1. The normalized spacial score (nSPS) is 14.6. The van der Waals surface area contributed by atoms with Gasteiger partial charge >= 0.3 is 0 Å². The molecule has 182 valence electrons. The molecule has 0 atom stereocenters. The lowest BCUT2D eigenvalue weighted by atomic mass is 9.86. The third kappa shape index (κ3) is 4.99. The van der Waals surface area contributed by atoms with Crippen molar-refractivity contribution in [3.05, 3.63) is 71.6 Å². The molecule has 0 aliphatic carbocycles. The van der Waals surface area contributed by atoms with Crippen LogP contribution < -0.4 is 5.32 Å². The summed E-state index contributed by atoms with van der Waals surface area (Å²) >= 11 is 0. The number of H-pyrrole nitrogens is 1. The van der Waals surface area contributed by atoms with Gasteiger partial charge in [-0.25, -0.2) is 9.97 Å². The highest BCUT2D eigenvalue weighted by atomic mass is 16.5. The summed E-state index contributed by atoms with van der Waals surface area (Å²) in [5, 5.41) is 3.78. The van der Waals surface area contributed by atoms with Crippen LogP contribution in [0.25, 0.3) is 22.2 Å². The van der Waals surface area contributed by atoms with E-state index < -0.39 is 0 Å². The third-order valence-corrected chi connectivity index (χ3v) is 6.73. The molecule has 1 aliphatic rings. The molecular weight excluding hydrogens is 440 g/mol. The first-order valence-electron chi connectivity index (χ1n) is 12.1. The Hall–Kier alpha value is -3.49. The molecule has 5 rings (SSSR count). The Labute approximate surface area is 205 Å². The summed E-state index contributed by atoms with van der Waals surface area (Å²) in [5.41, 5.74) is 6.12. The summed E-state index contributed by atoms with van der Waals surface area (Å²) in [6.45, 7) is 2.89. The summed E-state index contributed by atoms with van der Waals surface area (Å²) in [6.07, 6.45) is 9.31. The molecule has 0 radical (unpaired) electrons. The number of benzene rings is 1. The zero-order chi connectivity index (χ0) is 24.4. The van der Waals surface area contributed by atoms with Crippen molar-refractivity contribution < 1.29 is 9.53 Å². The first-order valence-corrected chi connectivity index (χ1v) is 12.1. The number of fused-ring (bicyclic) bond motifs is 1. The van der Waals surface area contributed by atoms with Gasteiger partial charge in [-0.1, -0.05) is 12.1 Å². The Kier molecular flexibility index (Phi) is 6.66. The van der Waals surface area contributed by atoms with E-state index >= 15 is 0 Å². The molecule has 0 bridgehead atoms. The number of nitrogens with one attached hydrogen (secondary N) is 2. The summed E-state index contributed by atoms with van der Waals surface area (Å²) in [5.74, 6) is 1.18. The van der Waals surface area contributed by atoms with Crippen LogP contribution in [0.2, 0.25) is 0 Å². The highest BCUT2D eigenvalue weighted by Crippen LogP contribution is 2.33. The van der Waals surface area contributed by atoms with Crippen LogP contribution in [-0.2, 0) is 24.9 Å². The van der Waals surface area contributed by atoms with Gasteiger partial charge in [0.25, 0.3) is 5.91 Å². The topological polar surface area (TPSA) is 88.1 Å². The molecule has 4 heterocycles. The number of hydrogen-bond acceptors (Lipinski definition) is 5. The van der Waals surface area contributed by atoms with Gasteiger partial charge in [0, 0.05) is 62.5 Å². The summed E-state index contributed by atoms with van der Waals surface area (Å²) < 4.78 is 7.48. The monoisotopic (exact) mass is 472 g/mol. The molecule has 1 fully saturated rings. The van der Waals surface area contributed by atoms with Gasteiger partial charge in [-0.15, -0.1) is 0 Å². The molecule has 1 saturated heterocycles. The Balaban J connectivity index is 1.44. The Morgan fingerprint density at radius 1 is 1.20 bits per heavy atom. The van der Waals surface area contributed by atoms with Crippen LogP contribution in [0.15, 0.2) is 49.1 Å². The second-order valence-corrected chi connectivity index (χ2v) is 9.50.